The molecule has 6 nitrogen and oxygen atoms in total. The summed E-state index contributed by atoms with van der Waals surface area (Å²) in [5.74, 6) is 0.936. The minimum Gasteiger partial charge on any atom is -0.453 e. The smallest absolute Gasteiger partial charge is 0.412 e. The molecule has 1 aromatic carbocycles. The van der Waals surface area contributed by atoms with Gasteiger partial charge in [-0.1, -0.05) is 6.07 Å². The summed E-state index contributed by atoms with van der Waals surface area (Å²) in [5, 5.41) is 13.4. The Bertz CT molecular complexity index is 611. The number of amides is 1. The largest absolute Gasteiger partial charge is 0.453 e. The standard InChI is InChI=1S/C14H16N4O2/c1-9-4-5-11(8-10(9)2)15-12-6-7-13(18-17-12)16-14(19)20-3/h4-8H,1-3H3,(H,15,17)(H,16,18,19). The Hall–Kier alpha value is -2.63. The van der Waals surface area contributed by atoms with Crippen molar-refractivity contribution in [1.82, 2.24) is 10.2 Å². The highest BCUT2D eigenvalue weighted by Gasteiger charge is 2.03. The Morgan fingerprint density at radius 1 is 1.05 bits per heavy atom. The fraction of sp³-hybridized carbons (Fsp3) is 0.214. The van der Waals surface area contributed by atoms with Gasteiger partial charge in [0, 0.05) is 5.69 Å². The van der Waals surface area contributed by atoms with Crippen LogP contribution in [-0.2, 0) is 4.74 Å². The van der Waals surface area contributed by atoms with Crippen LogP contribution in [0.15, 0.2) is 30.3 Å². The third-order valence-electron chi connectivity index (χ3n) is 2.86. The summed E-state index contributed by atoms with van der Waals surface area (Å²) >= 11 is 0. The van der Waals surface area contributed by atoms with E-state index in [1.165, 1.54) is 18.2 Å². The highest BCUT2D eigenvalue weighted by Crippen LogP contribution is 2.18. The molecule has 1 heterocycles. The van der Waals surface area contributed by atoms with Crippen molar-refractivity contribution in [3.63, 3.8) is 0 Å². The number of nitrogens with zero attached hydrogens (tertiary/aromatic N) is 2. The van der Waals surface area contributed by atoms with Crippen LogP contribution < -0.4 is 10.6 Å². The normalized spacial score (nSPS) is 9.95. The number of methoxy groups -OCH3 is 1. The summed E-state index contributed by atoms with van der Waals surface area (Å²) < 4.78 is 4.47. The summed E-state index contributed by atoms with van der Waals surface area (Å²) in [7, 11) is 1.29. The summed E-state index contributed by atoms with van der Waals surface area (Å²) in [6, 6.07) is 9.43. The fourth-order valence-electron chi connectivity index (χ4n) is 1.59. The number of hydrogen-bond acceptors (Lipinski definition) is 5. The van der Waals surface area contributed by atoms with E-state index in [1.54, 1.807) is 12.1 Å². The molecule has 2 aromatic rings. The molecule has 104 valence electrons. The predicted molar refractivity (Wildman–Crippen MR) is 77.3 cm³/mol. The van der Waals surface area contributed by atoms with Crippen LogP contribution in [0.25, 0.3) is 0 Å². The number of benzene rings is 1. The number of anilines is 3. The van der Waals surface area contributed by atoms with Gasteiger partial charge in [0.05, 0.1) is 7.11 Å². The summed E-state index contributed by atoms with van der Waals surface area (Å²) in [6.45, 7) is 4.11. The molecule has 0 bridgehead atoms. The van der Waals surface area contributed by atoms with Gasteiger partial charge in [-0.25, -0.2) is 4.79 Å². The maximum Gasteiger partial charge on any atom is 0.412 e. The van der Waals surface area contributed by atoms with Gasteiger partial charge < -0.3 is 10.1 Å². The minimum atomic E-state index is -0.575. The van der Waals surface area contributed by atoms with E-state index in [0.29, 0.717) is 11.6 Å². The zero-order chi connectivity index (χ0) is 14.5. The lowest BCUT2D eigenvalue weighted by molar-refractivity contribution is 0.187. The topological polar surface area (TPSA) is 76.1 Å². The highest BCUT2D eigenvalue weighted by atomic mass is 16.5. The van der Waals surface area contributed by atoms with E-state index in [1.807, 2.05) is 18.2 Å². The van der Waals surface area contributed by atoms with E-state index in [9.17, 15) is 4.79 Å². The van der Waals surface area contributed by atoms with Crippen LogP contribution in [0.1, 0.15) is 11.1 Å². The molecule has 20 heavy (non-hydrogen) atoms. The zero-order valence-electron chi connectivity index (χ0n) is 11.6. The van der Waals surface area contributed by atoms with E-state index in [0.717, 1.165) is 5.69 Å². The fourth-order valence-corrected chi connectivity index (χ4v) is 1.59. The molecule has 1 amide bonds. The Kier molecular flexibility index (Phi) is 4.14. The molecule has 0 spiro atoms. The molecular formula is C14H16N4O2. The van der Waals surface area contributed by atoms with Gasteiger partial charge in [0.2, 0.25) is 0 Å². The number of aryl methyl sites for hydroxylation is 2. The van der Waals surface area contributed by atoms with Crippen LogP contribution in [0.5, 0.6) is 0 Å². The van der Waals surface area contributed by atoms with Crippen molar-refractivity contribution < 1.29 is 9.53 Å². The lowest BCUT2D eigenvalue weighted by Crippen LogP contribution is -2.12. The SMILES string of the molecule is COC(=O)Nc1ccc(Nc2ccc(C)c(C)c2)nn1. The van der Waals surface area contributed by atoms with Gasteiger partial charge in [0.25, 0.3) is 0 Å². The first-order valence-electron chi connectivity index (χ1n) is 6.11. The highest BCUT2D eigenvalue weighted by molar-refractivity contribution is 5.83. The molecule has 0 saturated carbocycles. The first-order valence-corrected chi connectivity index (χ1v) is 6.11. The molecule has 0 unspecified atom stereocenters. The van der Waals surface area contributed by atoms with Crippen molar-refractivity contribution in [2.75, 3.05) is 17.7 Å². The Morgan fingerprint density at radius 2 is 1.75 bits per heavy atom. The quantitative estimate of drug-likeness (QED) is 0.898. The lowest BCUT2D eigenvalue weighted by Gasteiger charge is -2.08. The average Bonchev–Trinajstić information content (AvgIpc) is 2.45. The second kappa shape index (κ2) is 6.01. The molecule has 0 aliphatic rings. The molecule has 0 saturated heterocycles. The van der Waals surface area contributed by atoms with Crippen LogP contribution in [0.2, 0.25) is 0 Å². The van der Waals surface area contributed by atoms with Crippen LogP contribution in [0.4, 0.5) is 22.1 Å². The predicted octanol–water partition coefficient (Wildman–Crippen LogP) is 3.02. The number of carbonyl (C=O) groups is 1. The van der Waals surface area contributed by atoms with Gasteiger partial charge in [0.15, 0.2) is 11.6 Å². The molecule has 0 atom stereocenters. The second-order valence-electron chi connectivity index (χ2n) is 4.34. The lowest BCUT2D eigenvalue weighted by atomic mass is 10.1. The summed E-state index contributed by atoms with van der Waals surface area (Å²) in [6.07, 6.45) is -0.575. The van der Waals surface area contributed by atoms with E-state index in [-0.39, 0.29) is 0 Å². The Balaban J connectivity index is 2.06. The molecule has 2 rings (SSSR count). The van der Waals surface area contributed by atoms with Gasteiger partial charge in [0.1, 0.15) is 0 Å². The van der Waals surface area contributed by atoms with Gasteiger partial charge >= 0.3 is 6.09 Å². The zero-order valence-corrected chi connectivity index (χ0v) is 11.6. The third-order valence-corrected chi connectivity index (χ3v) is 2.86. The van der Waals surface area contributed by atoms with Crippen LogP contribution in [0.3, 0.4) is 0 Å². The van der Waals surface area contributed by atoms with E-state index < -0.39 is 6.09 Å². The van der Waals surface area contributed by atoms with Crippen LogP contribution in [-0.4, -0.2) is 23.4 Å². The average molecular weight is 272 g/mol. The first-order chi connectivity index (χ1) is 9.58. The van der Waals surface area contributed by atoms with Gasteiger partial charge in [-0.3, -0.25) is 5.32 Å². The van der Waals surface area contributed by atoms with Crippen LogP contribution in [0, 0.1) is 13.8 Å². The molecular weight excluding hydrogens is 256 g/mol. The van der Waals surface area contributed by atoms with Crippen molar-refractivity contribution in [2.24, 2.45) is 0 Å². The summed E-state index contributed by atoms with van der Waals surface area (Å²) in [5.41, 5.74) is 3.38. The third kappa shape index (κ3) is 3.44. The summed E-state index contributed by atoms with van der Waals surface area (Å²) in [4.78, 5) is 11.0. The van der Waals surface area contributed by atoms with E-state index >= 15 is 0 Å². The monoisotopic (exact) mass is 272 g/mol. The van der Waals surface area contributed by atoms with Gasteiger partial charge in [-0.15, -0.1) is 10.2 Å². The minimum absolute atomic E-state index is 0.336. The molecule has 0 radical (unpaired) electrons. The first kappa shape index (κ1) is 13.8. The maximum atomic E-state index is 11.0. The second-order valence-corrected chi connectivity index (χ2v) is 4.34. The van der Waals surface area contributed by atoms with Gasteiger partial charge in [-0.05, 0) is 49.2 Å². The van der Waals surface area contributed by atoms with Crippen molar-refractivity contribution in [3.05, 3.63) is 41.5 Å². The number of rotatable bonds is 3. The van der Waals surface area contributed by atoms with Crippen molar-refractivity contribution >= 4 is 23.4 Å². The molecule has 6 heteroatoms. The molecule has 1 aromatic heterocycles. The Labute approximate surface area is 117 Å². The van der Waals surface area contributed by atoms with E-state index in [2.05, 4.69) is 39.4 Å². The van der Waals surface area contributed by atoms with Crippen molar-refractivity contribution in [1.29, 1.82) is 0 Å². The number of nitrogens with one attached hydrogen (secondary N) is 2. The van der Waals surface area contributed by atoms with E-state index in [4.69, 9.17) is 0 Å². The van der Waals surface area contributed by atoms with Crippen LogP contribution >= 0.6 is 0 Å². The molecule has 0 aliphatic heterocycles. The molecule has 0 aliphatic carbocycles. The molecule has 2 N–H and O–H groups in total. The number of carbonyl (C=O) groups excluding carboxylic acids is 1. The number of ether oxygens (including phenoxy) is 1. The maximum absolute atomic E-state index is 11.0. The van der Waals surface area contributed by atoms with Crippen molar-refractivity contribution in [2.45, 2.75) is 13.8 Å². The number of hydrogen-bond donors (Lipinski definition) is 2. The number of aromatic nitrogens is 2. The van der Waals surface area contributed by atoms with Gasteiger partial charge in [-0.2, -0.15) is 0 Å². The Morgan fingerprint density at radius 3 is 2.35 bits per heavy atom. The van der Waals surface area contributed by atoms with Crippen molar-refractivity contribution in [3.8, 4) is 0 Å². The molecule has 0 fully saturated rings.